The summed E-state index contributed by atoms with van der Waals surface area (Å²) in [6.07, 6.45) is -6.51. The van der Waals surface area contributed by atoms with Crippen molar-refractivity contribution < 1.29 is 42.1 Å². The number of nitrogens with one attached hydrogen (secondary N) is 1. The third kappa shape index (κ3) is 9.25. The van der Waals surface area contributed by atoms with Gasteiger partial charge in [0.2, 0.25) is 0 Å². The van der Waals surface area contributed by atoms with Crippen molar-refractivity contribution in [3.8, 4) is 5.75 Å². The van der Waals surface area contributed by atoms with E-state index >= 15 is 0 Å². The van der Waals surface area contributed by atoms with Crippen LogP contribution >= 0.6 is 0 Å². The van der Waals surface area contributed by atoms with Crippen molar-refractivity contribution in [1.82, 2.24) is 5.32 Å². The fraction of sp³-hybridized carbons (Fsp3) is 0.364. The standard InChI is InChI=1S/C22H24F3NO6/c1-14(2)31-19(20(27)28)11-16-4-3-5-17(10-16)12-26-21(29)30-13-15-6-8-18(9-7-15)32-22(23,24)25/h3-10,14,19H,11-13H2,1-2H3,(H,26,29)(H,27,28)/t19-/m0/s1. The molecule has 0 saturated carbocycles. The molecule has 0 unspecified atom stereocenters. The number of benzene rings is 2. The van der Waals surface area contributed by atoms with Crippen LogP contribution in [-0.2, 0) is 33.8 Å². The van der Waals surface area contributed by atoms with Gasteiger partial charge >= 0.3 is 18.4 Å². The van der Waals surface area contributed by atoms with Crippen molar-refractivity contribution in [2.75, 3.05) is 0 Å². The van der Waals surface area contributed by atoms with E-state index in [9.17, 15) is 27.9 Å². The predicted octanol–water partition coefficient (Wildman–Crippen LogP) is 4.43. The maximum Gasteiger partial charge on any atom is 0.573 e. The fourth-order valence-electron chi connectivity index (χ4n) is 2.76. The molecule has 0 aliphatic rings. The van der Waals surface area contributed by atoms with Gasteiger partial charge in [0.25, 0.3) is 0 Å². The van der Waals surface area contributed by atoms with E-state index in [-0.39, 0.29) is 31.4 Å². The maximum atomic E-state index is 12.2. The number of halogens is 3. The van der Waals surface area contributed by atoms with Gasteiger partial charge in [-0.25, -0.2) is 9.59 Å². The number of hydrogen-bond acceptors (Lipinski definition) is 5. The number of alkyl halides is 3. The summed E-state index contributed by atoms with van der Waals surface area (Å²) < 4.78 is 50.7. The second kappa shape index (κ2) is 11.4. The molecule has 2 aromatic rings. The lowest BCUT2D eigenvalue weighted by atomic mass is 10.0. The number of carbonyl (C=O) groups is 2. The van der Waals surface area contributed by atoms with Crippen LogP contribution in [0, 0.1) is 0 Å². The van der Waals surface area contributed by atoms with Crippen molar-refractivity contribution in [3.05, 3.63) is 65.2 Å². The second-order valence-corrected chi connectivity index (χ2v) is 7.16. The van der Waals surface area contributed by atoms with E-state index < -0.39 is 24.5 Å². The van der Waals surface area contributed by atoms with Gasteiger partial charge in [0.15, 0.2) is 6.10 Å². The van der Waals surface area contributed by atoms with Crippen molar-refractivity contribution in [3.63, 3.8) is 0 Å². The first-order chi connectivity index (χ1) is 15.0. The van der Waals surface area contributed by atoms with Gasteiger partial charge in [-0.3, -0.25) is 0 Å². The molecule has 32 heavy (non-hydrogen) atoms. The van der Waals surface area contributed by atoms with Crippen LogP contribution in [0.15, 0.2) is 48.5 Å². The first-order valence-electron chi connectivity index (χ1n) is 9.73. The first kappa shape index (κ1) is 25.0. The molecule has 0 aromatic heterocycles. The molecule has 2 N–H and O–H groups in total. The number of carboxylic acid groups (broad SMARTS) is 1. The van der Waals surface area contributed by atoms with E-state index in [0.29, 0.717) is 5.56 Å². The molecule has 0 fully saturated rings. The molecule has 10 heteroatoms. The summed E-state index contributed by atoms with van der Waals surface area (Å²) >= 11 is 0. The zero-order valence-corrected chi connectivity index (χ0v) is 17.5. The Morgan fingerprint density at radius 1 is 1.03 bits per heavy atom. The Hall–Kier alpha value is -3.27. The van der Waals surface area contributed by atoms with Crippen LogP contribution < -0.4 is 10.1 Å². The van der Waals surface area contributed by atoms with Gasteiger partial charge in [0.1, 0.15) is 12.4 Å². The summed E-state index contributed by atoms with van der Waals surface area (Å²) in [5, 5.41) is 11.9. The van der Waals surface area contributed by atoms with Crippen LogP contribution in [0.4, 0.5) is 18.0 Å². The summed E-state index contributed by atoms with van der Waals surface area (Å²) in [6.45, 7) is 3.53. The minimum absolute atomic E-state index is 0.134. The minimum atomic E-state index is -4.77. The van der Waals surface area contributed by atoms with Crippen LogP contribution in [0.3, 0.4) is 0 Å². The highest BCUT2D eigenvalue weighted by Gasteiger charge is 2.31. The molecule has 0 spiro atoms. The maximum absolute atomic E-state index is 12.2. The number of hydrogen-bond donors (Lipinski definition) is 2. The van der Waals surface area contributed by atoms with E-state index in [1.54, 1.807) is 38.1 Å². The Labute approximate surface area is 183 Å². The molecular formula is C22H24F3NO6. The lowest BCUT2D eigenvalue weighted by Crippen LogP contribution is -2.29. The summed E-state index contributed by atoms with van der Waals surface area (Å²) in [4.78, 5) is 23.3. The Morgan fingerprint density at radius 3 is 2.28 bits per heavy atom. The Balaban J connectivity index is 1.83. The van der Waals surface area contributed by atoms with Crippen LogP contribution in [0.2, 0.25) is 0 Å². The number of rotatable bonds is 10. The molecule has 174 valence electrons. The molecule has 0 radical (unpaired) electrons. The molecular weight excluding hydrogens is 431 g/mol. The van der Waals surface area contributed by atoms with Gasteiger partial charge in [0.05, 0.1) is 6.10 Å². The van der Waals surface area contributed by atoms with Gasteiger partial charge in [-0.15, -0.1) is 13.2 Å². The van der Waals surface area contributed by atoms with Gasteiger partial charge in [0, 0.05) is 13.0 Å². The van der Waals surface area contributed by atoms with Crippen LogP contribution in [-0.4, -0.2) is 35.7 Å². The zero-order chi connectivity index (χ0) is 23.7. The number of alkyl carbamates (subject to hydrolysis) is 1. The first-order valence-corrected chi connectivity index (χ1v) is 9.73. The van der Waals surface area contributed by atoms with Crippen molar-refractivity contribution >= 4 is 12.1 Å². The third-order valence-corrected chi connectivity index (χ3v) is 4.09. The molecule has 0 bridgehead atoms. The number of amides is 1. The number of carboxylic acids is 1. The van der Waals surface area contributed by atoms with Crippen molar-refractivity contribution in [2.24, 2.45) is 0 Å². The lowest BCUT2D eigenvalue weighted by Gasteiger charge is -2.17. The molecule has 1 atom stereocenters. The largest absolute Gasteiger partial charge is 0.573 e. The molecule has 0 aliphatic heterocycles. The highest BCUT2D eigenvalue weighted by Crippen LogP contribution is 2.22. The van der Waals surface area contributed by atoms with E-state index in [2.05, 4.69) is 10.1 Å². The van der Waals surface area contributed by atoms with Gasteiger partial charge in [-0.2, -0.15) is 0 Å². The minimum Gasteiger partial charge on any atom is -0.479 e. The van der Waals surface area contributed by atoms with E-state index in [4.69, 9.17) is 9.47 Å². The average molecular weight is 455 g/mol. The molecule has 0 aliphatic carbocycles. The van der Waals surface area contributed by atoms with E-state index in [1.807, 2.05) is 0 Å². The predicted molar refractivity (Wildman–Crippen MR) is 108 cm³/mol. The zero-order valence-electron chi connectivity index (χ0n) is 17.5. The average Bonchev–Trinajstić information content (AvgIpc) is 2.70. The quantitative estimate of drug-likeness (QED) is 0.551. The summed E-state index contributed by atoms with van der Waals surface area (Å²) in [7, 11) is 0. The van der Waals surface area contributed by atoms with E-state index in [0.717, 1.165) is 23.3 Å². The Kier molecular flexibility index (Phi) is 8.89. The van der Waals surface area contributed by atoms with E-state index in [1.165, 1.54) is 12.1 Å². The normalized spacial score (nSPS) is 12.3. The molecule has 2 aromatic carbocycles. The molecule has 0 saturated heterocycles. The van der Waals surface area contributed by atoms with Crippen molar-refractivity contribution in [2.45, 2.75) is 52.0 Å². The molecule has 2 rings (SSSR count). The van der Waals surface area contributed by atoms with Gasteiger partial charge in [-0.1, -0.05) is 36.4 Å². The topological polar surface area (TPSA) is 94.1 Å². The van der Waals surface area contributed by atoms with Gasteiger partial charge < -0.3 is 24.6 Å². The Morgan fingerprint density at radius 2 is 1.69 bits per heavy atom. The number of carbonyl (C=O) groups excluding carboxylic acids is 1. The third-order valence-electron chi connectivity index (χ3n) is 4.09. The van der Waals surface area contributed by atoms with Crippen LogP contribution in [0.25, 0.3) is 0 Å². The SMILES string of the molecule is CC(C)O[C@@H](Cc1cccc(CNC(=O)OCc2ccc(OC(F)(F)F)cc2)c1)C(=O)O. The lowest BCUT2D eigenvalue weighted by molar-refractivity contribution is -0.274. The molecule has 7 nitrogen and oxygen atoms in total. The second-order valence-electron chi connectivity index (χ2n) is 7.16. The smallest absolute Gasteiger partial charge is 0.479 e. The number of ether oxygens (including phenoxy) is 3. The summed E-state index contributed by atoms with van der Waals surface area (Å²) in [5.41, 5.74) is 1.97. The summed E-state index contributed by atoms with van der Waals surface area (Å²) in [5.74, 6) is -1.42. The Bertz CT molecular complexity index is 899. The highest BCUT2D eigenvalue weighted by atomic mass is 19.4. The van der Waals surface area contributed by atoms with Crippen molar-refractivity contribution in [1.29, 1.82) is 0 Å². The fourth-order valence-corrected chi connectivity index (χ4v) is 2.76. The summed E-state index contributed by atoms with van der Waals surface area (Å²) in [6, 6.07) is 12.0. The van der Waals surface area contributed by atoms with Crippen LogP contribution in [0.5, 0.6) is 5.75 Å². The molecule has 1 amide bonds. The van der Waals surface area contributed by atoms with Crippen LogP contribution in [0.1, 0.15) is 30.5 Å². The monoisotopic (exact) mass is 455 g/mol. The van der Waals surface area contributed by atoms with Gasteiger partial charge in [-0.05, 0) is 42.7 Å². The highest BCUT2D eigenvalue weighted by molar-refractivity contribution is 5.72. The molecule has 0 heterocycles. The number of aliphatic carboxylic acids is 1.